The zero-order valence-electron chi connectivity index (χ0n) is 14.1. The molecule has 25 heavy (non-hydrogen) atoms. The molecule has 6 heteroatoms. The monoisotopic (exact) mass is 364 g/mol. The normalized spacial score (nSPS) is 16.1. The summed E-state index contributed by atoms with van der Waals surface area (Å²) in [5, 5.41) is 22.4. The first-order valence-electron chi connectivity index (χ1n) is 8.43. The molecule has 0 spiro atoms. The Kier molecular flexibility index (Phi) is 5.68. The smallest absolute Gasteiger partial charge is 0.179 e. The highest BCUT2D eigenvalue weighted by Crippen LogP contribution is 2.37. The molecule has 5 nitrogen and oxygen atoms in total. The molecule has 2 aromatic rings. The summed E-state index contributed by atoms with van der Waals surface area (Å²) in [5.41, 5.74) is 1.79. The maximum absolute atomic E-state index is 10.5. The molecule has 0 radical (unpaired) electrons. The van der Waals surface area contributed by atoms with E-state index in [1.165, 1.54) is 0 Å². The number of phenolic OH excluding ortho intramolecular Hbond substituents is 1. The van der Waals surface area contributed by atoms with Gasteiger partial charge in [-0.3, -0.25) is 0 Å². The van der Waals surface area contributed by atoms with E-state index in [9.17, 15) is 10.2 Å². The van der Waals surface area contributed by atoms with E-state index in [1.54, 1.807) is 24.3 Å². The fraction of sp³-hybridized carbons (Fsp3) is 0.368. The number of benzene rings is 2. The predicted octanol–water partition coefficient (Wildman–Crippen LogP) is 2.39. The van der Waals surface area contributed by atoms with Crippen LogP contribution < -0.4 is 14.8 Å². The Bertz CT molecular complexity index is 720. The zero-order chi connectivity index (χ0) is 17.8. The molecule has 1 heterocycles. The van der Waals surface area contributed by atoms with Crippen LogP contribution >= 0.6 is 11.6 Å². The third-order valence-corrected chi connectivity index (χ3v) is 4.60. The second-order valence-corrected chi connectivity index (χ2v) is 6.70. The number of aliphatic hydroxyl groups excluding tert-OH is 1. The van der Waals surface area contributed by atoms with Crippen LogP contribution in [-0.4, -0.2) is 29.5 Å². The van der Waals surface area contributed by atoms with Crippen molar-refractivity contribution >= 4 is 11.6 Å². The molecule has 2 atom stereocenters. The Morgan fingerprint density at radius 3 is 2.64 bits per heavy atom. The van der Waals surface area contributed by atoms with Gasteiger partial charge in [-0.2, -0.15) is 0 Å². The number of rotatable bonds is 5. The maximum atomic E-state index is 10.5. The van der Waals surface area contributed by atoms with Gasteiger partial charge in [0.15, 0.2) is 11.5 Å². The molecule has 0 aliphatic carbocycles. The summed E-state index contributed by atoms with van der Waals surface area (Å²) in [4.78, 5) is 0. The van der Waals surface area contributed by atoms with Gasteiger partial charge in [-0.05, 0) is 36.8 Å². The molecule has 1 aliphatic heterocycles. The van der Waals surface area contributed by atoms with Crippen molar-refractivity contribution in [3.8, 4) is 17.2 Å². The number of halogens is 1. The predicted molar refractivity (Wildman–Crippen MR) is 95.2 cm³/mol. The van der Waals surface area contributed by atoms with E-state index in [-0.39, 0.29) is 11.8 Å². The lowest BCUT2D eigenvalue weighted by molar-refractivity contribution is -0.709. The van der Waals surface area contributed by atoms with Crippen LogP contribution in [0.1, 0.15) is 30.6 Å². The number of aromatic hydroxyl groups is 1. The number of hydrogen-bond acceptors (Lipinski definition) is 4. The van der Waals surface area contributed by atoms with Crippen LogP contribution in [0.4, 0.5) is 0 Å². The largest absolute Gasteiger partial charge is 0.508 e. The van der Waals surface area contributed by atoms with Gasteiger partial charge in [0.05, 0.1) is 18.2 Å². The second-order valence-electron chi connectivity index (χ2n) is 6.29. The molecule has 0 saturated carbocycles. The van der Waals surface area contributed by atoms with Crippen LogP contribution in [0.2, 0.25) is 5.02 Å². The Balaban J connectivity index is 1.65. The number of ether oxygens (including phenoxy) is 2. The Labute approximate surface area is 152 Å². The molecular formula is C19H23ClNO4+. The third-order valence-electron chi connectivity index (χ3n) is 4.32. The fourth-order valence-corrected chi connectivity index (χ4v) is 3.12. The molecule has 4 N–H and O–H groups in total. The Morgan fingerprint density at radius 1 is 1.16 bits per heavy atom. The minimum absolute atomic E-state index is 0.0562. The number of fused-ring (bicyclic) bond motifs is 1. The highest BCUT2D eigenvalue weighted by atomic mass is 35.5. The summed E-state index contributed by atoms with van der Waals surface area (Å²) in [6, 6.07) is 10.4. The van der Waals surface area contributed by atoms with Crippen molar-refractivity contribution in [2.75, 3.05) is 13.2 Å². The van der Waals surface area contributed by atoms with Crippen molar-refractivity contribution in [3.05, 3.63) is 52.5 Å². The van der Waals surface area contributed by atoms with Gasteiger partial charge in [0, 0.05) is 12.0 Å². The van der Waals surface area contributed by atoms with Crippen molar-refractivity contribution in [2.24, 2.45) is 0 Å². The minimum Gasteiger partial charge on any atom is -0.508 e. The number of quaternary nitrogens is 1. The van der Waals surface area contributed by atoms with Crippen LogP contribution in [0.15, 0.2) is 36.4 Å². The molecule has 134 valence electrons. The summed E-state index contributed by atoms with van der Waals surface area (Å²) in [5.74, 6) is 1.48. The zero-order valence-corrected chi connectivity index (χ0v) is 14.9. The van der Waals surface area contributed by atoms with Crippen molar-refractivity contribution in [2.45, 2.75) is 32.0 Å². The Morgan fingerprint density at radius 2 is 1.88 bits per heavy atom. The van der Waals surface area contributed by atoms with Gasteiger partial charge in [-0.1, -0.05) is 23.7 Å². The summed E-state index contributed by atoms with van der Waals surface area (Å²) in [7, 11) is 0. The van der Waals surface area contributed by atoms with Crippen molar-refractivity contribution in [1.29, 1.82) is 0 Å². The standard InChI is InChI=1S/C19H22ClNO4/c1-12(18(23)14-3-5-15(22)6-4-14)21-11-13-9-16(20)19-17(10-13)24-7-2-8-25-19/h3-6,9-10,12,18,21-23H,2,7-8,11H2,1H3/p+1/t12-,18+/m0/s1. The average Bonchev–Trinajstić information content (AvgIpc) is 2.85. The van der Waals surface area contributed by atoms with Gasteiger partial charge in [0.1, 0.15) is 24.4 Å². The lowest BCUT2D eigenvalue weighted by Gasteiger charge is -2.18. The van der Waals surface area contributed by atoms with Crippen LogP contribution in [0.3, 0.4) is 0 Å². The SMILES string of the molecule is C[C@H]([NH2+]Cc1cc(Cl)c2c(c1)OCCCO2)[C@@H](O)c1ccc(O)cc1. The first-order chi connectivity index (χ1) is 12.0. The number of phenols is 1. The topological polar surface area (TPSA) is 75.5 Å². The number of hydrogen-bond donors (Lipinski definition) is 3. The van der Waals surface area contributed by atoms with Gasteiger partial charge in [-0.15, -0.1) is 0 Å². The van der Waals surface area contributed by atoms with Crippen molar-refractivity contribution < 1.29 is 25.0 Å². The molecule has 0 amide bonds. The average molecular weight is 365 g/mol. The molecule has 0 fully saturated rings. The van der Waals surface area contributed by atoms with Crippen LogP contribution in [0, 0.1) is 0 Å². The van der Waals surface area contributed by atoms with E-state index in [0.29, 0.717) is 36.3 Å². The lowest BCUT2D eigenvalue weighted by Crippen LogP contribution is -2.88. The third kappa shape index (κ3) is 4.37. The first kappa shape index (κ1) is 17.9. The van der Waals surface area contributed by atoms with E-state index in [2.05, 4.69) is 0 Å². The highest BCUT2D eigenvalue weighted by molar-refractivity contribution is 6.32. The summed E-state index contributed by atoms with van der Waals surface area (Å²) >= 11 is 6.32. The quantitative estimate of drug-likeness (QED) is 0.761. The Hall–Kier alpha value is -1.95. The van der Waals surface area contributed by atoms with Crippen molar-refractivity contribution in [3.63, 3.8) is 0 Å². The summed E-state index contributed by atoms with van der Waals surface area (Å²) < 4.78 is 11.3. The van der Waals surface area contributed by atoms with Crippen LogP contribution in [-0.2, 0) is 6.54 Å². The molecule has 0 unspecified atom stereocenters. The van der Waals surface area contributed by atoms with Crippen LogP contribution in [0.5, 0.6) is 17.2 Å². The molecule has 1 aliphatic rings. The van der Waals surface area contributed by atoms with E-state index >= 15 is 0 Å². The van der Waals surface area contributed by atoms with Gasteiger partial charge >= 0.3 is 0 Å². The van der Waals surface area contributed by atoms with E-state index in [0.717, 1.165) is 17.5 Å². The van der Waals surface area contributed by atoms with Gasteiger partial charge < -0.3 is 25.0 Å². The van der Waals surface area contributed by atoms with Gasteiger partial charge in [0.25, 0.3) is 0 Å². The molecule has 3 rings (SSSR count). The summed E-state index contributed by atoms with van der Waals surface area (Å²) in [6.45, 7) is 3.84. The summed E-state index contributed by atoms with van der Waals surface area (Å²) in [6.07, 6.45) is 0.207. The van der Waals surface area contributed by atoms with Crippen LogP contribution in [0.25, 0.3) is 0 Å². The first-order valence-corrected chi connectivity index (χ1v) is 8.80. The molecular weight excluding hydrogens is 342 g/mol. The second kappa shape index (κ2) is 7.95. The molecule has 2 aromatic carbocycles. The number of aliphatic hydroxyl groups is 1. The van der Waals surface area contributed by atoms with Gasteiger partial charge in [0.2, 0.25) is 0 Å². The maximum Gasteiger partial charge on any atom is 0.179 e. The highest BCUT2D eigenvalue weighted by Gasteiger charge is 2.21. The lowest BCUT2D eigenvalue weighted by atomic mass is 10.0. The number of nitrogens with two attached hydrogens (primary N) is 1. The van der Waals surface area contributed by atoms with Crippen molar-refractivity contribution in [1.82, 2.24) is 0 Å². The fourth-order valence-electron chi connectivity index (χ4n) is 2.83. The minimum atomic E-state index is -0.628. The van der Waals surface area contributed by atoms with E-state index < -0.39 is 6.10 Å². The van der Waals surface area contributed by atoms with Gasteiger partial charge in [-0.25, -0.2) is 0 Å². The molecule has 0 aromatic heterocycles. The van der Waals surface area contributed by atoms with E-state index in [4.69, 9.17) is 21.1 Å². The van der Waals surface area contributed by atoms with E-state index in [1.807, 2.05) is 24.4 Å². The molecule has 0 bridgehead atoms. The molecule has 0 saturated heterocycles.